The average molecular weight is 419 g/mol. The van der Waals surface area contributed by atoms with Crippen molar-refractivity contribution >= 4 is 33.2 Å². The van der Waals surface area contributed by atoms with Crippen LogP contribution in [0.3, 0.4) is 0 Å². The van der Waals surface area contributed by atoms with E-state index in [4.69, 9.17) is 14.1 Å². The van der Waals surface area contributed by atoms with E-state index in [-0.39, 0.29) is 5.78 Å². The number of hydrogen-bond acceptors (Lipinski definition) is 6. The molecule has 0 aliphatic rings. The first kappa shape index (κ1) is 20.0. The molecule has 2 heterocycles. The molecule has 0 spiro atoms. The molecule has 30 heavy (non-hydrogen) atoms. The maximum absolute atomic E-state index is 11.8. The molecule has 0 radical (unpaired) electrons. The lowest BCUT2D eigenvalue weighted by atomic mass is 10.1. The summed E-state index contributed by atoms with van der Waals surface area (Å²) in [7, 11) is 0. The Hall–Kier alpha value is -3.25. The summed E-state index contributed by atoms with van der Waals surface area (Å²) in [6.07, 6.45) is 0. The van der Waals surface area contributed by atoms with E-state index >= 15 is 0 Å². The number of thiazole rings is 1. The van der Waals surface area contributed by atoms with Gasteiger partial charge in [-0.3, -0.25) is 4.79 Å². The molecule has 0 fully saturated rings. The van der Waals surface area contributed by atoms with Crippen molar-refractivity contribution in [3.63, 3.8) is 0 Å². The van der Waals surface area contributed by atoms with Crippen LogP contribution in [0.2, 0.25) is 0 Å². The number of fused-ring (bicyclic) bond motifs is 1. The van der Waals surface area contributed by atoms with Gasteiger partial charge in [0.15, 0.2) is 5.78 Å². The lowest BCUT2D eigenvalue weighted by Crippen LogP contribution is -2.04. The highest BCUT2D eigenvalue weighted by molar-refractivity contribution is 7.17. The van der Waals surface area contributed by atoms with Crippen molar-refractivity contribution in [1.82, 2.24) is 4.98 Å². The second-order valence-corrected chi connectivity index (χ2v) is 8.01. The molecule has 2 aromatic carbocycles. The van der Waals surface area contributed by atoms with Crippen molar-refractivity contribution in [1.29, 1.82) is 0 Å². The highest BCUT2D eigenvalue weighted by Crippen LogP contribution is 2.28. The third kappa shape index (κ3) is 4.04. The molecule has 152 valence electrons. The van der Waals surface area contributed by atoms with Crippen LogP contribution in [0.5, 0.6) is 5.75 Å². The molecule has 0 saturated heterocycles. The highest BCUT2D eigenvalue weighted by atomic mass is 32.1. The van der Waals surface area contributed by atoms with Gasteiger partial charge in [0, 0.05) is 23.9 Å². The minimum Gasteiger partial charge on any atom is -0.494 e. The zero-order valence-electron chi connectivity index (χ0n) is 17.4. The highest BCUT2D eigenvalue weighted by Gasteiger charge is 2.12. The first-order valence-corrected chi connectivity index (χ1v) is 10.6. The molecular weight excluding hydrogens is 396 g/mol. The van der Waals surface area contributed by atoms with Crippen LogP contribution in [0.25, 0.3) is 22.3 Å². The van der Waals surface area contributed by atoms with Crippen LogP contribution in [0.15, 0.2) is 57.9 Å². The molecule has 4 rings (SSSR count). The summed E-state index contributed by atoms with van der Waals surface area (Å²) in [4.78, 5) is 21.7. The molecule has 6 heteroatoms. The fraction of sp³-hybridized carbons (Fsp3) is 0.208. The van der Waals surface area contributed by atoms with Crippen molar-refractivity contribution in [2.75, 3.05) is 6.61 Å². The lowest BCUT2D eigenvalue weighted by Gasteiger charge is -2.07. The van der Waals surface area contributed by atoms with E-state index in [0.717, 1.165) is 22.1 Å². The van der Waals surface area contributed by atoms with E-state index in [9.17, 15) is 4.79 Å². The fourth-order valence-corrected chi connectivity index (χ4v) is 4.06. The largest absolute Gasteiger partial charge is 0.494 e. The molecular formula is C24H22N2O3S. The predicted molar refractivity (Wildman–Crippen MR) is 120 cm³/mol. The van der Waals surface area contributed by atoms with E-state index in [1.165, 1.54) is 16.9 Å². The van der Waals surface area contributed by atoms with E-state index in [0.29, 0.717) is 33.7 Å². The number of aromatic nitrogens is 1. The molecule has 0 atom stereocenters. The second kappa shape index (κ2) is 8.24. The van der Waals surface area contributed by atoms with E-state index < -0.39 is 0 Å². The van der Waals surface area contributed by atoms with E-state index in [1.54, 1.807) is 6.92 Å². The fourth-order valence-electron chi connectivity index (χ4n) is 3.22. The van der Waals surface area contributed by atoms with Crippen molar-refractivity contribution < 1.29 is 13.9 Å². The molecule has 0 unspecified atom stereocenters. The van der Waals surface area contributed by atoms with Gasteiger partial charge in [0.25, 0.3) is 0 Å². The molecule has 0 aliphatic heterocycles. The molecule has 2 aromatic heterocycles. The number of ketones is 1. The number of rotatable bonds is 5. The van der Waals surface area contributed by atoms with Gasteiger partial charge in [-0.25, -0.2) is 9.98 Å². The predicted octanol–water partition coefficient (Wildman–Crippen LogP) is 6.01. The average Bonchev–Trinajstić information content (AvgIpc) is 3.09. The Labute approximate surface area is 178 Å². The summed E-state index contributed by atoms with van der Waals surface area (Å²) in [5.74, 6) is 1.46. The van der Waals surface area contributed by atoms with Gasteiger partial charge in [-0.05, 0) is 39.0 Å². The Balaban J connectivity index is 1.96. The molecule has 5 nitrogen and oxygen atoms in total. The van der Waals surface area contributed by atoms with Gasteiger partial charge in [-0.2, -0.15) is 0 Å². The third-order valence-electron chi connectivity index (χ3n) is 4.68. The van der Waals surface area contributed by atoms with Gasteiger partial charge in [-0.1, -0.05) is 41.2 Å². The summed E-state index contributed by atoms with van der Waals surface area (Å²) in [5, 5.41) is 2.09. The zero-order valence-corrected chi connectivity index (χ0v) is 18.2. The summed E-state index contributed by atoms with van der Waals surface area (Å²) >= 11 is 1.30. The van der Waals surface area contributed by atoms with Crippen molar-refractivity contribution in [2.45, 2.75) is 27.7 Å². The van der Waals surface area contributed by atoms with Gasteiger partial charge in [0.05, 0.1) is 22.5 Å². The topological polar surface area (TPSA) is 64.7 Å². The van der Waals surface area contributed by atoms with E-state index in [2.05, 4.69) is 11.9 Å². The van der Waals surface area contributed by atoms with Crippen LogP contribution in [0.1, 0.15) is 34.8 Å². The minimum atomic E-state index is -0.00153. The van der Waals surface area contributed by atoms with Gasteiger partial charge in [0.2, 0.25) is 5.13 Å². The smallest absolute Gasteiger partial charge is 0.210 e. The Bertz CT molecular complexity index is 1300. The number of carbonyl (C=O) groups excluding carboxylic acids is 1. The SMILES string of the molecule is CCOc1ccc2oc(-c3ccc(C)cc3)cc(=Nc3nc(C)c(C(C)=O)s3)c2c1. The molecule has 0 aliphatic carbocycles. The molecule has 0 saturated carbocycles. The zero-order chi connectivity index (χ0) is 21.3. The molecule has 0 amide bonds. The molecule has 4 aromatic rings. The van der Waals surface area contributed by atoms with Crippen molar-refractivity contribution in [3.8, 4) is 17.1 Å². The van der Waals surface area contributed by atoms with Gasteiger partial charge in [0.1, 0.15) is 17.1 Å². The van der Waals surface area contributed by atoms with Crippen molar-refractivity contribution in [2.24, 2.45) is 4.99 Å². The number of hydrogen-bond donors (Lipinski definition) is 0. The Morgan fingerprint density at radius 1 is 1.13 bits per heavy atom. The number of nitrogens with zero attached hydrogens (tertiary/aromatic N) is 2. The van der Waals surface area contributed by atoms with Crippen LogP contribution >= 0.6 is 11.3 Å². The lowest BCUT2D eigenvalue weighted by molar-refractivity contribution is 0.102. The first-order chi connectivity index (χ1) is 14.4. The second-order valence-electron chi connectivity index (χ2n) is 7.03. The maximum atomic E-state index is 11.8. The summed E-state index contributed by atoms with van der Waals surface area (Å²) in [6, 6.07) is 15.8. The minimum absolute atomic E-state index is 0.00153. The quantitative estimate of drug-likeness (QED) is 0.373. The van der Waals surface area contributed by atoms with Gasteiger partial charge < -0.3 is 9.15 Å². The number of carbonyl (C=O) groups is 1. The van der Waals surface area contributed by atoms with Gasteiger partial charge in [-0.15, -0.1) is 0 Å². The normalized spacial score (nSPS) is 11.8. The van der Waals surface area contributed by atoms with Crippen LogP contribution < -0.4 is 10.1 Å². The Kier molecular flexibility index (Phi) is 5.50. The number of benzene rings is 2. The standard InChI is InChI=1S/C24H22N2O3S/c1-5-28-18-10-11-21-19(12-18)20(26-24-25-15(3)23(30-24)16(4)27)13-22(29-21)17-8-6-14(2)7-9-17/h6-13H,5H2,1-4H3. The first-order valence-electron chi connectivity index (χ1n) is 9.75. The number of ether oxygens (including phenoxy) is 1. The van der Waals surface area contributed by atoms with Crippen LogP contribution in [-0.4, -0.2) is 17.4 Å². The number of Topliss-reactive ketones (excluding diaryl/α,β-unsaturated/α-hetero) is 1. The maximum Gasteiger partial charge on any atom is 0.210 e. The monoisotopic (exact) mass is 418 g/mol. The summed E-state index contributed by atoms with van der Waals surface area (Å²) in [6.45, 7) is 7.95. The van der Waals surface area contributed by atoms with E-state index in [1.807, 2.05) is 62.4 Å². The van der Waals surface area contributed by atoms with Crippen LogP contribution in [0.4, 0.5) is 5.13 Å². The molecule has 0 bridgehead atoms. The Morgan fingerprint density at radius 2 is 1.90 bits per heavy atom. The third-order valence-corrected chi connectivity index (χ3v) is 5.84. The van der Waals surface area contributed by atoms with Crippen LogP contribution in [-0.2, 0) is 0 Å². The summed E-state index contributed by atoms with van der Waals surface area (Å²) in [5.41, 5.74) is 3.55. The number of aryl methyl sites for hydroxylation is 2. The summed E-state index contributed by atoms with van der Waals surface area (Å²) < 4.78 is 11.8. The van der Waals surface area contributed by atoms with Gasteiger partial charge >= 0.3 is 0 Å². The van der Waals surface area contributed by atoms with Crippen LogP contribution in [0, 0.1) is 13.8 Å². The molecule has 0 N–H and O–H groups in total. The Morgan fingerprint density at radius 3 is 2.57 bits per heavy atom. The van der Waals surface area contributed by atoms with Crippen molar-refractivity contribution in [3.05, 3.63) is 70.0 Å².